The van der Waals surface area contributed by atoms with E-state index in [1.807, 2.05) is 0 Å². The van der Waals surface area contributed by atoms with Crippen molar-refractivity contribution in [2.24, 2.45) is 0 Å². The summed E-state index contributed by atoms with van der Waals surface area (Å²) in [5, 5.41) is 0. The smallest absolute Gasteiger partial charge is 0.0274 e. The summed E-state index contributed by atoms with van der Waals surface area (Å²) in [5.41, 5.74) is 0. The van der Waals surface area contributed by atoms with Crippen molar-refractivity contribution in [1.29, 1.82) is 0 Å². The van der Waals surface area contributed by atoms with Crippen LogP contribution < -0.4 is 0 Å². The van der Waals surface area contributed by atoms with Crippen molar-refractivity contribution in [3.8, 4) is 0 Å². The van der Waals surface area contributed by atoms with E-state index < -0.39 is 0 Å². The predicted molar refractivity (Wildman–Crippen MR) is 49.5 cm³/mol. The standard InChI is InChI=1S/2C3H10Si.Rh/c2*1-4(2)3;/h2*4H,1-3H3;. The van der Waals surface area contributed by atoms with Crippen molar-refractivity contribution in [3.05, 3.63) is 0 Å². The van der Waals surface area contributed by atoms with Crippen molar-refractivity contribution in [1.82, 2.24) is 0 Å². The van der Waals surface area contributed by atoms with Crippen LogP contribution in [0.1, 0.15) is 0 Å². The second kappa shape index (κ2) is 11.8. The van der Waals surface area contributed by atoms with E-state index in [1.165, 1.54) is 0 Å². The Labute approximate surface area is 76.4 Å². The van der Waals surface area contributed by atoms with Crippen LogP contribution in [0.3, 0.4) is 0 Å². The molecule has 0 saturated carbocycles. The molecule has 0 bridgehead atoms. The van der Waals surface area contributed by atoms with Gasteiger partial charge in [-0.1, -0.05) is 39.3 Å². The molecule has 0 spiro atoms. The Kier molecular flexibility index (Phi) is 21.7. The first-order chi connectivity index (χ1) is 3.46. The van der Waals surface area contributed by atoms with Crippen LogP contribution in [0.5, 0.6) is 0 Å². The molecule has 0 amide bonds. The zero-order valence-electron chi connectivity index (χ0n) is 7.49. The van der Waals surface area contributed by atoms with Gasteiger partial charge in [-0.25, -0.2) is 0 Å². The second-order valence-electron chi connectivity index (χ2n) is 3.46. The Balaban J connectivity index is -0.0000000720. The molecule has 0 aliphatic heterocycles. The van der Waals surface area contributed by atoms with Gasteiger partial charge in [0.25, 0.3) is 0 Å². The second-order valence-corrected chi connectivity index (χ2v) is 10.4. The molecule has 0 atom stereocenters. The molecule has 1 radical (unpaired) electrons. The van der Waals surface area contributed by atoms with E-state index >= 15 is 0 Å². The SMILES string of the molecule is C[SiH](C)C.C[SiH](C)C.[Rh]. The number of hydrogen-bond donors (Lipinski definition) is 0. The minimum atomic E-state index is -0.139. The van der Waals surface area contributed by atoms with Gasteiger partial charge in [0.15, 0.2) is 0 Å². The summed E-state index contributed by atoms with van der Waals surface area (Å²) >= 11 is 0. The van der Waals surface area contributed by atoms with E-state index in [1.54, 1.807) is 0 Å². The minimum absolute atomic E-state index is 0. The van der Waals surface area contributed by atoms with E-state index in [2.05, 4.69) is 39.3 Å². The summed E-state index contributed by atoms with van der Waals surface area (Å²) in [6.45, 7) is 13.8. The van der Waals surface area contributed by atoms with Gasteiger partial charge >= 0.3 is 0 Å². The zero-order valence-corrected chi connectivity index (χ0v) is 11.4. The molecule has 0 heterocycles. The molecule has 0 aliphatic rings. The van der Waals surface area contributed by atoms with Crippen LogP contribution in [-0.4, -0.2) is 17.6 Å². The van der Waals surface area contributed by atoms with Crippen LogP contribution in [0.25, 0.3) is 0 Å². The molecular formula is C6H20RhSi2. The summed E-state index contributed by atoms with van der Waals surface area (Å²) in [6.07, 6.45) is 0. The van der Waals surface area contributed by atoms with E-state index in [-0.39, 0.29) is 37.1 Å². The summed E-state index contributed by atoms with van der Waals surface area (Å²) in [5.74, 6) is 0. The van der Waals surface area contributed by atoms with Gasteiger partial charge in [-0.05, 0) is 0 Å². The molecule has 9 heavy (non-hydrogen) atoms. The van der Waals surface area contributed by atoms with Gasteiger partial charge < -0.3 is 0 Å². The first-order valence-electron chi connectivity index (χ1n) is 3.46. The molecule has 3 heteroatoms. The largest absolute Gasteiger partial charge is 0.0724 e. The topological polar surface area (TPSA) is 0 Å². The normalized spacial score (nSPS) is 8.00. The Bertz CT molecular complexity index is 26.5. The average molecular weight is 251 g/mol. The molecule has 0 nitrogen and oxygen atoms in total. The number of rotatable bonds is 0. The Morgan fingerprint density at radius 1 is 0.556 bits per heavy atom. The van der Waals surface area contributed by atoms with Gasteiger partial charge in [-0.15, -0.1) is 0 Å². The van der Waals surface area contributed by atoms with E-state index in [4.69, 9.17) is 0 Å². The van der Waals surface area contributed by atoms with Gasteiger partial charge in [0, 0.05) is 37.1 Å². The fraction of sp³-hybridized carbons (Fsp3) is 1.00. The molecule has 0 aliphatic carbocycles. The van der Waals surface area contributed by atoms with Crippen molar-refractivity contribution in [2.75, 3.05) is 0 Å². The molecule has 0 rings (SSSR count). The van der Waals surface area contributed by atoms with Gasteiger partial charge in [-0.2, -0.15) is 0 Å². The maximum absolute atomic E-state index is 2.31. The molecular weight excluding hydrogens is 231 g/mol. The minimum Gasteiger partial charge on any atom is -0.0724 e. The monoisotopic (exact) mass is 251 g/mol. The van der Waals surface area contributed by atoms with Crippen molar-refractivity contribution in [3.63, 3.8) is 0 Å². The van der Waals surface area contributed by atoms with Crippen LogP contribution in [0.15, 0.2) is 0 Å². The molecule has 0 unspecified atom stereocenters. The molecule has 0 fully saturated rings. The maximum Gasteiger partial charge on any atom is 0.0274 e. The number of hydrogen-bond acceptors (Lipinski definition) is 0. The Morgan fingerprint density at radius 3 is 0.556 bits per heavy atom. The Hall–Kier alpha value is 1.06. The summed E-state index contributed by atoms with van der Waals surface area (Å²) in [7, 11) is -0.278. The fourth-order valence-electron chi connectivity index (χ4n) is 0. The van der Waals surface area contributed by atoms with Crippen LogP contribution in [0.2, 0.25) is 39.3 Å². The van der Waals surface area contributed by atoms with Crippen LogP contribution >= 0.6 is 0 Å². The fourth-order valence-corrected chi connectivity index (χ4v) is 0. The summed E-state index contributed by atoms with van der Waals surface area (Å²) in [4.78, 5) is 0. The van der Waals surface area contributed by atoms with Crippen molar-refractivity contribution < 1.29 is 19.5 Å². The van der Waals surface area contributed by atoms with E-state index in [0.717, 1.165) is 0 Å². The first-order valence-corrected chi connectivity index (χ1v) is 10.4. The van der Waals surface area contributed by atoms with Gasteiger partial charge in [0.1, 0.15) is 0 Å². The zero-order chi connectivity index (χ0) is 7.15. The Morgan fingerprint density at radius 2 is 0.556 bits per heavy atom. The van der Waals surface area contributed by atoms with E-state index in [9.17, 15) is 0 Å². The average Bonchev–Trinajstić information content (AvgIpc) is 1.25. The third-order valence-electron chi connectivity index (χ3n) is 0. The predicted octanol–water partition coefficient (Wildman–Crippen LogP) is 2.20. The molecule has 0 saturated heterocycles. The molecule has 61 valence electrons. The first kappa shape index (κ1) is 16.6. The third kappa shape index (κ3) is 404. The van der Waals surface area contributed by atoms with Gasteiger partial charge in [0.05, 0.1) is 0 Å². The van der Waals surface area contributed by atoms with Crippen molar-refractivity contribution >= 4 is 17.6 Å². The third-order valence-corrected chi connectivity index (χ3v) is 0. The van der Waals surface area contributed by atoms with Crippen LogP contribution in [0, 0.1) is 0 Å². The maximum atomic E-state index is 2.31. The molecule has 0 N–H and O–H groups in total. The molecule has 0 aromatic carbocycles. The van der Waals surface area contributed by atoms with Crippen molar-refractivity contribution in [2.45, 2.75) is 39.3 Å². The molecule has 0 aromatic rings. The van der Waals surface area contributed by atoms with Crippen LogP contribution in [-0.2, 0) is 19.5 Å². The summed E-state index contributed by atoms with van der Waals surface area (Å²) < 4.78 is 0. The van der Waals surface area contributed by atoms with Crippen LogP contribution in [0.4, 0.5) is 0 Å². The molecule has 0 aromatic heterocycles. The van der Waals surface area contributed by atoms with Gasteiger partial charge in [-0.3, -0.25) is 0 Å². The van der Waals surface area contributed by atoms with Gasteiger partial charge in [0.2, 0.25) is 0 Å². The summed E-state index contributed by atoms with van der Waals surface area (Å²) in [6, 6.07) is 0. The quantitative estimate of drug-likeness (QED) is 0.579. The van der Waals surface area contributed by atoms with E-state index in [0.29, 0.717) is 0 Å².